The van der Waals surface area contributed by atoms with Crippen LogP contribution in [-0.4, -0.2) is 40.4 Å². The first kappa shape index (κ1) is 23.1. The number of fused-ring (bicyclic) bond motifs is 1. The van der Waals surface area contributed by atoms with Crippen molar-refractivity contribution in [2.45, 2.75) is 0 Å². The van der Waals surface area contributed by atoms with Gasteiger partial charge in [0.25, 0.3) is 5.91 Å². The van der Waals surface area contributed by atoms with Crippen molar-refractivity contribution < 1.29 is 19.1 Å². The number of hydrogen-bond acceptors (Lipinski definition) is 8. The maximum Gasteiger partial charge on any atom is 0.256 e. The predicted molar refractivity (Wildman–Crippen MR) is 133 cm³/mol. The summed E-state index contributed by atoms with van der Waals surface area (Å²) >= 11 is 0. The molecule has 0 saturated carbocycles. The normalized spacial score (nSPS) is 10.5. The number of aromatic nitrogens is 3. The van der Waals surface area contributed by atoms with Crippen molar-refractivity contribution >= 4 is 46.3 Å². The van der Waals surface area contributed by atoms with Crippen LogP contribution in [0, 0.1) is 0 Å². The molecule has 5 N–H and O–H groups in total. The number of amides is 2. The van der Waals surface area contributed by atoms with Crippen LogP contribution in [0.3, 0.4) is 0 Å². The number of anilines is 5. The van der Waals surface area contributed by atoms with E-state index in [1.807, 2.05) is 0 Å². The summed E-state index contributed by atoms with van der Waals surface area (Å²) < 4.78 is 12.2. The number of carbonyl (C=O) groups is 2. The molecule has 11 heteroatoms. The number of nitrogens with one attached hydrogen (secondary N) is 3. The number of benzene rings is 2. The molecule has 2 heterocycles. The maximum absolute atomic E-state index is 12.4. The van der Waals surface area contributed by atoms with E-state index in [1.54, 1.807) is 53.1 Å². The standard InChI is InChI=1S/C24H23N7O4/c1-4-19(32)27-14-6-5-7-15(10-14)29-24-30-22(20(21(25)33)23-26-8-9-31(23)24)28-16-11-17(34-2)13-18(12-16)35-3/h4-13,28H,1H2,2-3H3,(H2,25,33)(H,27,32)(H,29,30). The molecule has 4 rings (SSSR count). The van der Waals surface area contributed by atoms with Crippen molar-refractivity contribution in [3.63, 3.8) is 0 Å². The van der Waals surface area contributed by atoms with Crippen LogP contribution in [0.15, 0.2) is 67.5 Å². The molecule has 2 aromatic carbocycles. The first-order valence-electron chi connectivity index (χ1n) is 10.4. The zero-order valence-corrected chi connectivity index (χ0v) is 19.0. The van der Waals surface area contributed by atoms with Gasteiger partial charge in [0, 0.05) is 47.7 Å². The van der Waals surface area contributed by atoms with E-state index in [2.05, 4.69) is 32.5 Å². The van der Waals surface area contributed by atoms with Crippen molar-refractivity contribution in [3.8, 4) is 11.5 Å². The zero-order chi connectivity index (χ0) is 24.9. The van der Waals surface area contributed by atoms with Gasteiger partial charge in [0.05, 0.1) is 14.2 Å². The molecule has 0 unspecified atom stereocenters. The fourth-order valence-corrected chi connectivity index (χ4v) is 3.40. The molecule has 0 radical (unpaired) electrons. The Morgan fingerprint density at radius 3 is 2.40 bits per heavy atom. The highest BCUT2D eigenvalue weighted by Gasteiger charge is 2.20. The van der Waals surface area contributed by atoms with Crippen molar-refractivity contribution in [2.75, 3.05) is 30.2 Å². The predicted octanol–water partition coefficient (Wildman–Crippen LogP) is 3.46. The molecular weight excluding hydrogens is 450 g/mol. The van der Waals surface area contributed by atoms with Crippen molar-refractivity contribution in [2.24, 2.45) is 5.73 Å². The Balaban J connectivity index is 1.78. The molecule has 2 aromatic heterocycles. The SMILES string of the molecule is C=CC(=O)Nc1cccc(Nc2nc(Nc3cc(OC)cc(OC)c3)c(C(N)=O)c3nccn23)c1. The minimum absolute atomic E-state index is 0.106. The van der Waals surface area contributed by atoms with E-state index in [9.17, 15) is 9.59 Å². The van der Waals surface area contributed by atoms with E-state index in [1.165, 1.54) is 26.5 Å². The van der Waals surface area contributed by atoms with Gasteiger partial charge in [0.1, 0.15) is 17.1 Å². The third-order valence-corrected chi connectivity index (χ3v) is 4.98. The first-order valence-corrected chi connectivity index (χ1v) is 10.4. The Morgan fingerprint density at radius 2 is 1.74 bits per heavy atom. The van der Waals surface area contributed by atoms with E-state index >= 15 is 0 Å². The molecule has 0 aliphatic heterocycles. The van der Waals surface area contributed by atoms with Crippen LogP contribution in [0.25, 0.3) is 5.65 Å². The Morgan fingerprint density at radius 1 is 1.03 bits per heavy atom. The smallest absolute Gasteiger partial charge is 0.256 e. The number of ether oxygens (including phenoxy) is 2. The highest BCUT2D eigenvalue weighted by Crippen LogP contribution is 2.31. The second kappa shape index (κ2) is 9.83. The van der Waals surface area contributed by atoms with Gasteiger partial charge >= 0.3 is 0 Å². The number of nitrogens with zero attached hydrogens (tertiary/aromatic N) is 3. The Hall–Kier alpha value is -5.06. The minimum atomic E-state index is -0.702. The molecule has 0 fully saturated rings. The lowest BCUT2D eigenvalue weighted by Crippen LogP contribution is -2.18. The molecule has 0 aliphatic carbocycles. The molecule has 0 saturated heterocycles. The molecule has 4 aromatic rings. The van der Waals surface area contributed by atoms with Crippen LogP contribution in [0.4, 0.5) is 28.8 Å². The zero-order valence-electron chi connectivity index (χ0n) is 19.0. The summed E-state index contributed by atoms with van der Waals surface area (Å²) in [5.74, 6) is 0.601. The lowest BCUT2D eigenvalue weighted by atomic mass is 10.2. The molecule has 0 bridgehead atoms. The van der Waals surface area contributed by atoms with Crippen LogP contribution >= 0.6 is 0 Å². The van der Waals surface area contributed by atoms with Gasteiger partial charge in [-0.2, -0.15) is 4.98 Å². The Kier molecular flexibility index (Phi) is 6.49. The quantitative estimate of drug-likeness (QED) is 0.271. The summed E-state index contributed by atoms with van der Waals surface area (Å²) in [7, 11) is 3.08. The highest BCUT2D eigenvalue weighted by molar-refractivity contribution is 6.04. The largest absolute Gasteiger partial charge is 0.497 e. The third kappa shape index (κ3) is 4.98. The molecule has 35 heavy (non-hydrogen) atoms. The van der Waals surface area contributed by atoms with Gasteiger partial charge in [0.2, 0.25) is 11.9 Å². The van der Waals surface area contributed by atoms with Crippen molar-refractivity contribution in [3.05, 3.63) is 73.1 Å². The summed E-state index contributed by atoms with van der Waals surface area (Å²) in [4.78, 5) is 33.0. The van der Waals surface area contributed by atoms with E-state index in [-0.39, 0.29) is 17.3 Å². The average molecular weight is 473 g/mol. The van der Waals surface area contributed by atoms with Crippen LogP contribution in [-0.2, 0) is 4.79 Å². The summed E-state index contributed by atoms with van der Waals surface area (Å²) in [6.45, 7) is 3.46. The highest BCUT2D eigenvalue weighted by atomic mass is 16.5. The molecule has 0 atom stereocenters. The monoisotopic (exact) mass is 473 g/mol. The lowest BCUT2D eigenvalue weighted by molar-refractivity contribution is -0.111. The number of methoxy groups -OCH3 is 2. The van der Waals surface area contributed by atoms with Crippen LogP contribution in [0.2, 0.25) is 0 Å². The second-order valence-corrected chi connectivity index (χ2v) is 7.27. The molecule has 0 spiro atoms. The molecule has 2 amide bonds. The molecular formula is C24H23N7O4. The van der Waals surface area contributed by atoms with Gasteiger partial charge in [-0.15, -0.1) is 0 Å². The van der Waals surface area contributed by atoms with E-state index in [4.69, 9.17) is 15.2 Å². The third-order valence-electron chi connectivity index (χ3n) is 4.98. The van der Waals surface area contributed by atoms with Crippen molar-refractivity contribution in [1.82, 2.24) is 14.4 Å². The number of primary amides is 1. The van der Waals surface area contributed by atoms with Gasteiger partial charge in [-0.05, 0) is 24.3 Å². The maximum atomic E-state index is 12.4. The first-order chi connectivity index (χ1) is 16.9. The fourth-order valence-electron chi connectivity index (χ4n) is 3.40. The molecule has 11 nitrogen and oxygen atoms in total. The van der Waals surface area contributed by atoms with Gasteiger partial charge < -0.3 is 31.2 Å². The van der Waals surface area contributed by atoms with Gasteiger partial charge in [0.15, 0.2) is 11.5 Å². The van der Waals surface area contributed by atoms with Crippen molar-refractivity contribution in [1.29, 1.82) is 0 Å². The van der Waals surface area contributed by atoms with Gasteiger partial charge in [-0.25, -0.2) is 4.98 Å². The summed E-state index contributed by atoms with van der Waals surface area (Å²) in [6, 6.07) is 12.2. The van der Waals surface area contributed by atoms with E-state index < -0.39 is 5.91 Å². The van der Waals surface area contributed by atoms with Gasteiger partial charge in [-0.1, -0.05) is 12.6 Å². The number of rotatable bonds is 9. The fraction of sp³-hybridized carbons (Fsp3) is 0.0833. The Bertz CT molecular complexity index is 1410. The number of nitrogens with two attached hydrogens (primary N) is 1. The number of carbonyl (C=O) groups excluding carboxylic acids is 2. The van der Waals surface area contributed by atoms with E-state index in [0.29, 0.717) is 40.2 Å². The molecule has 0 aliphatic rings. The average Bonchev–Trinajstić information content (AvgIpc) is 3.33. The lowest BCUT2D eigenvalue weighted by Gasteiger charge is -2.16. The van der Waals surface area contributed by atoms with Crippen LogP contribution in [0.1, 0.15) is 10.4 Å². The van der Waals surface area contributed by atoms with E-state index in [0.717, 1.165) is 0 Å². The number of imidazole rings is 1. The number of hydrogen-bond donors (Lipinski definition) is 4. The Labute approximate surface area is 200 Å². The van der Waals surface area contributed by atoms with Gasteiger partial charge in [-0.3, -0.25) is 14.0 Å². The summed E-state index contributed by atoms with van der Waals surface area (Å²) in [6.07, 6.45) is 4.37. The topological polar surface area (TPSA) is 145 Å². The van der Waals surface area contributed by atoms with Crippen LogP contribution < -0.4 is 31.2 Å². The van der Waals surface area contributed by atoms with Crippen LogP contribution in [0.5, 0.6) is 11.5 Å². The second-order valence-electron chi connectivity index (χ2n) is 7.27. The molecule has 178 valence electrons. The summed E-state index contributed by atoms with van der Waals surface area (Å²) in [5, 5.41) is 9.02. The minimum Gasteiger partial charge on any atom is -0.497 e. The summed E-state index contributed by atoms with van der Waals surface area (Å²) in [5.41, 5.74) is 7.88.